The summed E-state index contributed by atoms with van der Waals surface area (Å²) in [5, 5.41) is 3.46. The maximum atomic E-state index is 5.12. The summed E-state index contributed by atoms with van der Waals surface area (Å²) in [6.45, 7) is 5.84. The van der Waals surface area contributed by atoms with Crippen LogP contribution in [0.1, 0.15) is 23.7 Å². The molecule has 23 heavy (non-hydrogen) atoms. The first-order valence-electron chi connectivity index (χ1n) is 8.10. The zero-order valence-corrected chi connectivity index (χ0v) is 13.8. The van der Waals surface area contributed by atoms with E-state index in [1.54, 1.807) is 13.4 Å². The molecule has 3 rings (SSSR count). The minimum atomic E-state index is 0.325. The van der Waals surface area contributed by atoms with Gasteiger partial charge in [0.1, 0.15) is 12.1 Å². The SMILES string of the molecule is COCc1cc(N[C@H](C)CN2CCc3ccccc3C2)ncn1. The van der Waals surface area contributed by atoms with Crippen molar-refractivity contribution in [2.45, 2.75) is 32.5 Å². The number of hydrogen-bond donors (Lipinski definition) is 1. The van der Waals surface area contributed by atoms with Gasteiger partial charge in [-0.15, -0.1) is 0 Å². The van der Waals surface area contributed by atoms with Crippen LogP contribution in [0.3, 0.4) is 0 Å². The Hall–Kier alpha value is -1.98. The van der Waals surface area contributed by atoms with Gasteiger partial charge in [0.2, 0.25) is 0 Å². The van der Waals surface area contributed by atoms with Gasteiger partial charge in [-0.1, -0.05) is 24.3 Å². The number of rotatable bonds is 6. The Bertz CT molecular complexity index is 646. The van der Waals surface area contributed by atoms with Gasteiger partial charge in [-0.3, -0.25) is 4.90 Å². The highest BCUT2D eigenvalue weighted by atomic mass is 16.5. The molecule has 5 heteroatoms. The number of nitrogens with zero attached hydrogens (tertiary/aromatic N) is 3. The molecule has 1 N–H and O–H groups in total. The molecule has 122 valence electrons. The minimum absolute atomic E-state index is 0.325. The van der Waals surface area contributed by atoms with E-state index in [9.17, 15) is 0 Å². The Morgan fingerprint density at radius 2 is 2.09 bits per heavy atom. The van der Waals surface area contributed by atoms with E-state index in [4.69, 9.17) is 4.74 Å². The molecule has 0 saturated heterocycles. The third kappa shape index (κ3) is 4.27. The summed E-state index contributed by atoms with van der Waals surface area (Å²) in [6.07, 6.45) is 2.72. The summed E-state index contributed by atoms with van der Waals surface area (Å²) in [7, 11) is 1.67. The van der Waals surface area contributed by atoms with Crippen LogP contribution in [-0.4, -0.2) is 41.1 Å². The standard InChI is InChI=1S/C18H24N4O/c1-14(21-18-9-17(12-23-2)19-13-20-18)10-22-8-7-15-5-3-4-6-16(15)11-22/h3-6,9,13-14H,7-8,10-12H2,1-2H3,(H,19,20,21)/t14-/m1/s1. The number of hydrogen-bond acceptors (Lipinski definition) is 5. The highest BCUT2D eigenvalue weighted by Gasteiger charge is 2.17. The summed E-state index contributed by atoms with van der Waals surface area (Å²) in [4.78, 5) is 11.0. The average Bonchev–Trinajstić information content (AvgIpc) is 2.55. The molecule has 0 fully saturated rings. The first-order valence-corrected chi connectivity index (χ1v) is 8.10. The van der Waals surface area contributed by atoms with Crippen LogP contribution in [0.5, 0.6) is 0 Å². The fraction of sp³-hybridized carbons (Fsp3) is 0.444. The van der Waals surface area contributed by atoms with Crippen molar-refractivity contribution in [2.75, 3.05) is 25.5 Å². The largest absolute Gasteiger partial charge is 0.378 e. The van der Waals surface area contributed by atoms with E-state index in [0.29, 0.717) is 12.6 Å². The second kappa shape index (κ2) is 7.53. The molecule has 0 unspecified atom stereocenters. The van der Waals surface area contributed by atoms with Gasteiger partial charge in [0.15, 0.2) is 0 Å². The van der Waals surface area contributed by atoms with Crippen LogP contribution in [0.4, 0.5) is 5.82 Å². The van der Waals surface area contributed by atoms with Crippen molar-refractivity contribution in [3.05, 3.63) is 53.5 Å². The summed E-state index contributed by atoms with van der Waals surface area (Å²) >= 11 is 0. The molecule has 0 radical (unpaired) electrons. The lowest BCUT2D eigenvalue weighted by atomic mass is 10.00. The van der Waals surface area contributed by atoms with Crippen LogP contribution in [0.15, 0.2) is 36.7 Å². The molecule has 0 saturated carbocycles. The molecule has 1 aromatic carbocycles. The average molecular weight is 312 g/mol. The third-order valence-electron chi connectivity index (χ3n) is 4.15. The van der Waals surface area contributed by atoms with Gasteiger partial charge in [-0.25, -0.2) is 9.97 Å². The molecule has 5 nitrogen and oxygen atoms in total. The first kappa shape index (κ1) is 15.9. The van der Waals surface area contributed by atoms with Crippen molar-refractivity contribution in [1.82, 2.24) is 14.9 Å². The number of anilines is 1. The molecule has 1 aliphatic rings. The van der Waals surface area contributed by atoms with Crippen LogP contribution < -0.4 is 5.32 Å². The van der Waals surface area contributed by atoms with Crippen molar-refractivity contribution in [3.63, 3.8) is 0 Å². The molecule has 2 heterocycles. The van der Waals surface area contributed by atoms with Gasteiger partial charge in [-0.2, -0.15) is 0 Å². The number of aromatic nitrogens is 2. The van der Waals surface area contributed by atoms with Crippen molar-refractivity contribution in [2.24, 2.45) is 0 Å². The smallest absolute Gasteiger partial charge is 0.129 e. The van der Waals surface area contributed by atoms with Crippen molar-refractivity contribution >= 4 is 5.82 Å². The Kier molecular flexibility index (Phi) is 5.20. The first-order chi connectivity index (χ1) is 11.2. The third-order valence-corrected chi connectivity index (χ3v) is 4.15. The van der Waals surface area contributed by atoms with Gasteiger partial charge in [-0.05, 0) is 24.5 Å². The predicted octanol–water partition coefficient (Wildman–Crippen LogP) is 2.48. The molecular weight excluding hydrogens is 288 g/mol. The summed E-state index contributed by atoms with van der Waals surface area (Å²) in [6, 6.07) is 11.0. The van der Waals surface area contributed by atoms with Crippen LogP contribution >= 0.6 is 0 Å². The summed E-state index contributed by atoms with van der Waals surface area (Å²) in [5.74, 6) is 0.858. The van der Waals surface area contributed by atoms with Crippen molar-refractivity contribution in [1.29, 1.82) is 0 Å². The molecule has 1 aliphatic heterocycles. The van der Waals surface area contributed by atoms with Gasteiger partial charge < -0.3 is 10.1 Å². The Labute approximate surface area is 137 Å². The molecule has 0 bridgehead atoms. The van der Waals surface area contributed by atoms with E-state index in [-0.39, 0.29) is 0 Å². The predicted molar refractivity (Wildman–Crippen MR) is 91.3 cm³/mol. The normalized spacial score (nSPS) is 15.9. The van der Waals surface area contributed by atoms with Crippen LogP contribution in [0.25, 0.3) is 0 Å². The molecular formula is C18H24N4O. The topological polar surface area (TPSA) is 50.3 Å². The lowest BCUT2D eigenvalue weighted by Gasteiger charge is -2.31. The maximum absolute atomic E-state index is 5.12. The highest BCUT2D eigenvalue weighted by molar-refractivity contribution is 5.36. The fourth-order valence-corrected chi connectivity index (χ4v) is 3.10. The quantitative estimate of drug-likeness (QED) is 0.888. The zero-order valence-electron chi connectivity index (χ0n) is 13.8. The second-order valence-electron chi connectivity index (χ2n) is 6.13. The van der Waals surface area contributed by atoms with E-state index in [0.717, 1.165) is 37.6 Å². The molecule has 0 aliphatic carbocycles. The van der Waals surface area contributed by atoms with Crippen LogP contribution in [-0.2, 0) is 24.3 Å². The molecule has 2 aromatic rings. The second-order valence-corrected chi connectivity index (χ2v) is 6.13. The van der Waals surface area contributed by atoms with Crippen LogP contribution in [0, 0.1) is 0 Å². The van der Waals surface area contributed by atoms with Gasteiger partial charge in [0.25, 0.3) is 0 Å². The van der Waals surface area contributed by atoms with E-state index in [1.807, 2.05) is 6.07 Å². The van der Waals surface area contributed by atoms with Crippen molar-refractivity contribution in [3.8, 4) is 0 Å². The van der Waals surface area contributed by atoms with Gasteiger partial charge in [0, 0.05) is 38.9 Å². The van der Waals surface area contributed by atoms with Crippen LogP contribution in [0.2, 0.25) is 0 Å². The molecule has 1 atom stereocenters. The summed E-state index contributed by atoms with van der Waals surface area (Å²) < 4.78 is 5.12. The number of nitrogens with one attached hydrogen (secondary N) is 1. The molecule has 1 aromatic heterocycles. The van der Waals surface area contributed by atoms with Crippen molar-refractivity contribution < 1.29 is 4.74 Å². The fourth-order valence-electron chi connectivity index (χ4n) is 3.10. The Balaban J connectivity index is 1.56. The summed E-state index contributed by atoms with van der Waals surface area (Å²) in [5.41, 5.74) is 3.84. The molecule has 0 amide bonds. The van der Waals surface area contributed by atoms with E-state index in [2.05, 4.69) is 51.4 Å². The van der Waals surface area contributed by atoms with E-state index in [1.165, 1.54) is 11.1 Å². The maximum Gasteiger partial charge on any atom is 0.129 e. The number of ether oxygens (including phenoxy) is 1. The lowest BCUT2D eigenvalue weighted by Crippen LogP contribution is -2.38. The highest BCUT2D eigenvalue weighted by Crippen LogP contribution is 2.19. The monoisotopic (exact) mass is 312 g/mol. The van der Waals surface area contributed by atoms with E-state index < -0.39 is 0 Å². The number of benzene rings is 1. The Morgan fingerprint density at radius 3 is 2.91 bits per heavy atom. The number of methoxy groups -OCH3 is 1. The molecule has 0 spiro atoms. The minimum Gasteiger partial charge on any atom is -0.378 e. The van der Waals surface area contributed by atoms with Gasteiger partial charge in [0.05, 0.1) is 12.3 Å². The zero-order chi connectivity index (χ0) is 16.1. The Morgan fingerprint density at radius 1 is 1.26 bits per heavy atom. The van der Waals surface area contributed by atoms with E-state index >= 15 is 0 Å². The van der Waals surface area contributed by atoms with Gasteiger partial charge >= 0.3 is 0 Å². The number of fused-ring (bicyclic) bond motifs is 1. The lowest BCUT2D eigenvalue weighted by molar-refractivity contribution is 0.181.